The molecule has 0 amide bonds. The van der Waals surface area contributed by atoms with E-state index in [0.717, 1.165) is 24.3 Å². The number of benzene rings is 2. The average molecular weight is 609 g/mol. The van der Waals surface area contributed by atoms with E-state index in [1.807, 2.05) is 0 Å². The van der Waals surface area contributed by atoms with Crippen molar-refractivity contribution in [1.29, 1.82) is 0 Å². The van der Waals surface area contributed by atoms with E-state index in [-0.39, 0.29) is 16.9 Å². The molecule has 0 aliphatic rings. The van der Waals surface area contributed by atoms with Crippen molar-refractivity contribution in [3.63, 3.8) is 0 Å². The standard InChI is InChI=1S/C14H9BrF3NO.C14H10F3NO/c15-7-13(20)10-4-5-12(19-8-10)9-2-1-3-11(6-9)14(16,17)18;1-9(19)11-5-6-13(18-8-11)10-3-2-4-12(7-10)14(15,16)17/h1-6,8H,7H2;2-8H,1H3. The number of carbonyl (C=O) groups is 2. The van der Waals surface area contributed by atoms with Crippen molar-refractivity contribution in [2.45, 2.75) is 19.3 Å². The van der Waals surface area contributed by atoms with Gasteiger partial charge in [0.25, 0.3) is 0 Å². The monoisotopic (exact) mass is 608 g/mol. The summed E-state index contributed by atoms with van der Waals surface area (Å²) in [7, 11) is 0. The van der Waals surface area contributed by atoms with Crippen LogP contribution in [0.4, 0.5) is 26.3 Å². The van der Waals surface area contributed by atoms with Crippen LogP contribution in [0.5, 0.6) is 0 Å². The Bertz CT molecular complexity index is 1450. The number of ketones is 2. The van der Waals surface area contributed by atoms with Gasteiger partial charge in [-0.1, -0.05) is 40.2 Å². The van der Waals surface area contributed by atoms with Gasteiger partial charge in [0.05, 0.1) is 27.8 Å². The van der Waals surface area contributed by atoms with E-state index in [9.17, 15) is 35.9 Å². The summed E-state index contributed by atoms with van der Waals surface area (Å²) in [5.74, 6) is -0.267. The van der Waals surface area contributed by atoms with E-state index in [0.29, 0.717) is 33.6 Å². The highest BCUT2D eigenvalue weighted by atomic mass is 79.9. The zero-order chi connectivity index (χ0) is 28.8. The van der Waals surface area contributed by atoms with Gasteiger partial charge in [0.1, 0.15) is 0 Å². The molecule has 202 valence electrons. The molecule has 0 atom stereocenters. The molecule has 0 aliphatic carbocycles. The molecule has 0 saturated heterocycles. The van der Waals surface area contributed by atoms with Gasteiger partial charge < -0.3 is 0 Å². The molecule has 0 bridgehead atoms. The number of hydrogen-bond acceptors (Lipinski definition) is 4. The van der Waals surface area contributed by atoms with Gasteiger partial charge in [-0.05, 0) is 55.5 Å². The maximum Gasteiger partial charge on any atom is 0.416 e. The topological polar surface area (TPSA) is 59.9 Å². The average Bonchev–Trinajstić information content (AvgIpc) is 2.92. The minimum absolute atomic E-state index is 0.131. The van der Waals surface area contributed by atoms with E-state index in [4.69, 9.17) is 0 Å². The number of pyridine rings is 2. The molecule has 2 heterocycles. The normalized spacial score (nSPS) is 11.4. The van der Waals surface area contributed by atoms with Crippen molar-refractivity contribution in [3.05, 3.63) is 107 Å². The highest BCUT2D eigenvalue weighted by Crippen LogP contribution is 2.32. The second-order valence-electron chi connectivity index (χ2n) is 8.13. The quantitative estimate of drug-likeness (QED) is 0.130. The first-order valence-electron chi connectivity index (χ1n) is 11.2. The first kappa shape index (κ1) is 29.7. The molecular weight excluding hydrogens is 590 g/mol. The maximum absolute atomic E-state index is 12.6. The number of hydrogen-bond donors (Lipinski definition) is 0. The van der Waals surface area contributed by atoms with Gasteiger partial charge in [-0.15, -0.1) is 0 Å². The molecule has 0 spiro atoms. The zero-order valence-electron chi connectivity index (χ0n) is 20.1. The van der Waals surface area contributed by atoms with Gasteiger partial charge in [0.2, 0.25) is 0 Å². The van der Waals surface area contributed by atoms with E-state index in [1.54, 1.807) is 24.3 Å². The lowest BCUT2D eigenvalue weighted by Crippen LogP contribution is -2.04. The number of aromatic nitrogens is 2. The third-order valence-corrected chi connectivity index (χ3v) is 5.86. The van der Waals surface area contributed by atoms with Crippen LogP contribution in [0.15, 0.2) is 85.2 Å². The minimum Gasteiger partial charge on any atom is -0.294 e. The van der Waals surface area contributed by atoms with Crippen LogP contribution in [-0.2, 0) is 12.4 Å². The van der Waals surface area contributed by atoms with Crippen molar-refractivity contribution >= 4 is 27.5 Å². The molecular formula is C28H19BrF6N2O2. The van der Waals surface area contributed by atoms with Gasteiger partial charge >= 0.3 is 12.4 Å². The highest BCUT2D eigenvalue weighted by molar-refractivity contribution is 9.09. The number of carbonyl (C=O) groups excluding carboxylic acids is 2. The van der Waals surface area contributed by atoms with Crippen LogP contribution < -0.4 is 0 Å². The van der Waals surface area contributed by atoms with Crippen molar-refractivity contribution in [1.82, 2.24) is 9.97 Å². The van der Waals surface area contributed by atoms with E-state index in [1.165, 1.54) is 43.6 Å². The molecule has 0 aliphatic heterocycles. The van der Waals surface area contributed by atoms with Crippen molar-refractivity contribution < 1.29 is 35.9 Å². The molecule has 4 rings (SSSR count). The Kier molecular flexibility index (Phi) is 9.39. The Morgan fingerprint density at radius 3 is 1.46 bits per heavy atom. The number of Topliss-reactive ketones (excluding diaryl/α,β-unsaturated/α-hetero) is 2. The molecule has 11 heteroatoms. The van der Waals surface area contributed by atoms with Crippen LogP contribution in [0.25, 0.3) is 22.5 Å². The molecule has 0 radical (unpaired) electrons. The summed E-state index contributed by atoms with van der Waals surface area (Å²) < 4.78 is 75.7. The third-order valence-electron chi connectivity index (χ3n) is 5.35. The third kappa shape index (κ3) is 8.06. The van der Waals surface area contributed by atoms with Gasteiger partial charge in [0.15, 0.2) is 11.6 Å². The largest absolute Gasteiger partial charge is 0.416 e. The van der Waals surface area contributed by atoms with Gasteiger partial charge in [-0.3, -0.25) is 19.6 Å². The molecule has 2 aromatic carbocycles. The van der Waals surface area contributed by atoms with Crippen LogP contribution in [0.2, 0.25) is 0 Å². The van der Waals surface area contributed by atoms with Crippen LogP contribution >= 0.6 is 15.9 Å². The smallest absolute Gasteiger partial charge is 0.294 e. The lowest BCUT2D eigenvalue weighted by atomic mass is 10.1. The van der Waals surface area contributed by atoms with E-state index >= 15 is 0 Å². The summed E-state index contributed by atoms with van der Waals surface area (Å²) in [6.07, 6.45) is -6.05. The summed E-state index contributed by atoms with van der Waals surface area (Å²) in [5, 5.41) is 0.178. The first-order chi connectivity index (χ1) is 18.3. The van der Waals surface area contributed by atoms with Gasteiger partial charge in [0, 0.05) is 34.6 Å². The number of halogens is 7. The molecule has 0 unspecified atom stereocenters. The number of nitrogens with zero attached hydrogens (tertiary/aromatic N) is 2. The number of alkyl halides is 7. The fraction of sp³-hybridized carbons (Fsp3) is 0.143. The Morgan fingerprint density at radius 1 is 0.692 bits per heavy atom. The van der Waals surface area contributed by atoms with Crippen molar-refractivity contribution in [2.75, 3.05) is 5.33 Å². The molecule has 0 fully saturated rings. The Labute approximate surface area is 227 Å². The molecule has 2 aromatic heterocycles. The summed E-state index contributed by atoms with van der Waals surface area (Å²) in [6, 6.07) is 16.0. The van der Waals surface area contributed by atoms with Crippen molar-refractivity contribution in [3.8, 4) is 22.5 Å². The fourth-order valence-corrected chi connectivity index (χ4v) is 3.61. The second-order valence-corrected chi connectivity index (χ2v) is 8.70. The Balaban J connectivity index is 0.000000216. The molecule has 0 N–H and O–H groups in total. The lowest BCUT2D eigenvalue weighted by molar-refractivity contribution is -0.138. The van der Waals surface area contributed by atoms with Crippen molar-refractivity contribution in [2.24, 2.45) is 0 Å². The summed E-state index contributed by atoms with van der Waals surface area (Å²) >= 11 is 3.04. The van der Waals surface area contributed by atoms with Crippen LogP contribution in [0.1, 0.15) is 38.8 Å². The maximum atomic E-state index is 12.6. The SMILES string of the molecule is CC(=O)c1ccc(-c2cccc(C(F)(F)F)c2)nc1.O=C(CBr)c1ccc(-c2cccc(C(F)(F)F)c2)nc1. The molecule has 4 aromatic rings. The van der Waals surface area contributed by atoms with Gasteiger partial charge in [-0.25, -0.2) is 0 Å². The van der Waals surface area contributed by atoms with Gasteiger partial charge in [-0.2, -0.15) is 26.3 Å². The summed E-state index contributed by atoms with van der Waals surface area (Å²) in [5.41, 5.74) is 0.911. The summed E-state index contributed by atoms with van der Waals surface area (Å²) in [4.78, 5) is 30.5. The minimum atomic E-state index is -4.39. The Hall–Kier alpha value is -3.86. The van der Waals surface area contributed by atoms with Crippen LogP contribution in [0.3, 0.4) is 0 Å². The number of rotatable bonds is 5. The molecule has 4 nitrogen and oxygen atoms in total. The molecule has 0 saturated carbocycles. The first-order valence-corrected chi connectivity index (χ1v) is 12.3. The van der Waals surface area contributed by atoms with E-state index < -0.39 is 23.5 Å². The summed E-state index contributed by atoms with van der Waals surface area (Å²) in [6.45, 7) is 1.40. The zero-order valence-corrected chi connectivity index (χ0v) is 21.7. The predicted octanol–water partition coefficient (Wildman–Crippen LogP) is 8.32. The Morgan fingerprint density at radius 2 is 1.13 bits per heavy atom. The van der Waals surface area contributed by atoms with Crippen LogP contribution in [-0.4, -0.2) is 26.9 Å². The molecule has 39 heavy (non-hydrogen) atoms. The predicted molar refractivity (Wildman–Crippen MR) is 137 cm³/mol. The lowest BCUT2D eigenvalue weighted by Gasteiger charge is -2.08. The van der Waals surface area contributed by atoms with E-state index in [2.05, 4.69) is 25.9 Å². The highest BCUT2D eigenvalue weighted by Gasteiger charge is 2.31. The fourth-order valence-electron chi connectivity index (χ4n) is 3.29. The second kappa shape index (κ2) is 12.3. The van der Waals surface area contributed by atoms with Crippen LogP contribution in [0, 0.1) is 0 Å².